The van der Waals surface area contributed by atoms with Crippen LogP contribution in [0.1, 0.15) is 35.3 Å². The normalized spacial score (nSPS) is 13.9. The predicted molar refractivity (Wildman–Crippen MR) is 95.2 cm³/mol. The molecular weight excluding hydrogens is 316 g/mol. The van der Waals surface area contributed by atoms with Gasteiger partial charge in [0.1, 0.15) is 5.75 Å². The van der Waals surface area contributed by atoms with E-state index in [2.05, 4.69) is 5.32 Å². The summed E-state index contributed by atoms with van der Waals surface area (Å²) in [7, 11) is 0. The lowest BCUT2D eigenvalue weighted by molar-refractivity contribution is -0.133. The Labute approximate surface area is 147 Å². The summed E-state index contributed by atoms with van der Waals surface area (Å²) in [4.78, 5) is 26.4. The number of amides is 2. The SMILES string of the molecule is CC(C)NC(=O)c1ccc2c(c1)CN(Cc1ccccc1)C(=O)CO2. The van der Waals surface area contributed by atoms with Crippen molar-refractivity contribution in [2.24, 2.45) is 0 Å². The van der Waals surface area contributed by atoms with E-state index in [1.807, 2.05) is 50.2 Å². The molecule has 0 unspecified atom stereocenters. The number of fused-ring (bicyclic) bond motifs is 1. The molecule has 0 aliphatic carbocycles. The van der Waals surface area contributed by atoms with Crippen LogP contribution in [-0.4, -0.2) is 29.4 Å². The molecule has 0 fully saturated rings. The molecule has 0 radical (unpaired) electrons. The average molecular weight is 338 g/mol. The second-order valence-electron chi connectivity index (χ2n) is 6.47. The first-order chi connectivity index (χ1) is 12.0. The zero-order chi connectivity index (χ0) is 17.8. The van der Waals surface area contributed by atoms with Crippen molar-refractivity contribution in [3.63, 3.8) is 0 Å². The summed E-state index contributed by atoms with van der Waals surface area (Å²) in [5.41, 5.74) is 2.48. The first kappa shape index (κ1) is 17.0. The van der Waals surface area contributed by atoms with Gasteiger partial charge in [-0.25, -0.2) is 0 Å². The molecule has 25 heavy (non-hydrogen) atoms. The summed E-state index contributed by atoms with van der Waals surface area (Å²) in [5.74, 6) is 0.473. The van der Waals surface area contributed by atoms with E-state index in [-0.39, 0.29) is 24.5 Å². The highest BCUT2D eigenvalue weighted by Gasteiger charge is 2.22. The third-order valence-electron chi connectivity index (χ3n) is 4.02. The lowest BCUT2D eigenvalue weighted by Crippen LogP contribution is -2.32. The molecule has 0 bridgehead atoms. The topological polar surface area (TPSA) is 58.6 Å². The van der Waals surface area contributed by atoms with Gasteiger partial charge in [0.05, 0.1) is 0 Å². The minimum absolute atomic E-state index is 0.0113. The molecule has 1 aliphatic heterocycles. The second-order valence-corrected chi connectivity index (χ2v) is 6.47. The van der Waals surface area contributed by atoms with E-state index in [0.717, 1.165) is 11.1 Å². The van der Waals surface area contributed by atoms with Gasteiger partial charge in [0, 0.05) is 30.3 Å². The smallest absolute Gasteiger partial charge is 0.261 e. The number of rotatable bonds is 4. The number of ether oxygens (including phenoxy) is 1. The number of carbonyl (C=O) groups excluding carboxylic acids is 2. The molecule has 0 atom stereocenters. The fourth-order valence-electron chi connectivity index (χ4n) is 2.80. The Morgan fingerprint density at radius 2 is 1.96 bits per heavy atom. The van der Waals surface area contributed by atoms with Crippen LogP contribution in [0.25, 0.3) is 0 Å². The maximum absolute atomic E-state index is 12.4. The standard InChI is InChI=1S/C20H22N2O3/c1-14(2)21-20(24)16-8-9-18-17(10-16)12-22(19(23)13-25-18)11-15-6-4-3-5-7-15/h3-10,14H,11-13H2,1-2H3,(H,21,24). The van der Waals surface area contributed by atoms with E-state index >= 15 is 0 Å². The predicted octanol–water partition coefficient (Wildman–Crippen LogP) is 2.75. The van der Waals surface area contributed by atoms with Crippen molar-refractivity contribution < 1.29 is 14.3 Å². The van der Waals surface area contributed by atoms with Crippen LogP contribution >= 0.6 is 0 Å². The molecule has 1 N–H and O–H groups in total. The fraction of sp³-hybridized carbons (Fsp3) is 0.300. The maximum atomic E-state index is 12.4. The third kappa shape index (κ3) is 4.18. The zero-order valence-corrected chi connectivity index (χ0v) is 14.5. The molecule has 0 saturated heterocycles. The highest BCUT2D eigenvalue weighted by Crippen LogP contribution is 2.25. The largest absolute Gasteiger partial charge is 0.483 e. The molecular formula is C20H22N2O3. The Kier molecular flexibility index (Phi) is 5.03. The molecule has 3 rings (SSSR count). The molecule has 2 aromatic carbocycles. The Morgan fingerprint density at radius 1 is 1.20 bits per heavy atom. The summed E-state index contributed by atoms with van der Waals surface area (Å²) in [5, 5.41) is 2.88. The van der Waals surface area contributed by atoms with Crippen LogP contribution in [0.15, 0.2) is 48.5 Å². The molecule has 0 saturated carbocycles. The number of hydrogen-bond donors (Lipinski definition) is 1. The van der Waals surface area contributed by atoms with Crippen LogP contribution in [0.2, 0.25) is 0 Å². The molecule has 0 aromatic heterocycles. The van der Waals surface area contributed by atoms with Gasteiger partial charge >= 0.3 is 0 Å². The van der Waals surface area contributed by atoms with E-state index in [4.69, 9.17) is 4.74 Å². The van der Waals surface area contributed by atoms with E-state index in [1.54, 1.807) is 17.0 Å². The van der Waals surface area contributed by atoms with Crippen molar-refractivity contribution in [2.45, 2.75) is 33.0 Å². The molecule has 2 aromatic rings. The number of hydrogen-bond acceptors (Lipinski definition) is 3. The van der Waals surface area contributed by atoms with E-state index < -0.39 is 0 Å². The van der Waals surface area contributed by atoms with Gasteiger partial charge in [0.25, 0.3) is 11.8 Å². The van der Waals surface area contributed by atoms with Gasteiger partial charge < -0.3 is 15.0 Å². The van der Waals surface area contributed by atoms with Gasteiger partial charge in [0.15, 0.2) is 6.61 Å². The van der Waals surface area contributed by atoms with Crippen LogP contribution < -0.4 is 10.1 Å². The molecule has 2 amide bonds. The average Bonchev–Trinajstić information content (AvgIpc) is 2.74. The van der Waals surface area contributed by atoms with Crippen LogP contribution in [0.3, 0.4) is 0 Å². The van der Waals surface area contributed by atoms with Gasteiger partial charge in [-0.2, -0.15) is 0 Å². The van der Waals surface area contributed by atoms with E-state index in [0.29, 0.717) is 24.4 Å². The highest BCUT2D eigenvalue weighted by molar-refractivity contribution is 5.94. The number of benzene rings is 2. The monoisotopic (exact) mass is 338 g/mol. The van der Waals surface area contributed by atoms with E-state index in [1.165, 1.54) is 0 Å². The number of nitrogens with one attached hydrogen (secondary N) is 1. The molecule has 1 heterocycles. The summed E-state index contributed by atoms with van der Waals surface area (Å²) in [6.45, 7) is 4.80. The van der Waals surface area contributed by atoms with Gasteiger partial charge in [-0.1, -0.05) is 30.3 Å². The third-order valence-corrected chi connectivity index (χ3v) is 4.02. The van der Waals surface area contributed by atoms with Gasteiger partial charge in [-0.3, -0.25) is 9.59 Å². The second kappa shape index (κ2) is 7.38. The van der Waals surface area contributed by atoms with Crippen molar-refractivity contribution in [1.29, 1.82) is 0 Å². The maximum Gasteiger partial charge on any atom is 0.261 e. The first-order valence-electron chi connectivity index (χ1n) is 8.41. The first-order valence-corrected chi connectivity index (χ1v) is 8.41. The minimum atomic E-state index is -0.122. The van der Waals surface area contributed by atoms with E-state index in [9.17, 15) is 9.59 Å². The van der Waals surface area contributed by atoms with Crippen LogP contribution in [0.5, 0.6) is 5.75 Å². The summed E-state index contributed by atoms with van der Waals surface area (Å²) < 4.78 is 5.62. The fourth-order valence-corrected chi connectivity index (χ4v) is 2.80. The van der Waals surface area contributed by atoms with Crippen LogP contribution in [0.4, 0.5) is 0 Å². The molecule has 5 nitrogen and oxygen atoms in total. The van der Waals surface area contributed by atoms with Gasteiger partial charge in [0.2, 0.25) is 0 Å². The lowest BCUT2D eigenvalue weighted by atomic mass is 10.1. The molecule has 1 aliphatic rings. The molecule has 0 spiro atoms. The molecule has 130 valence electrons. The van der Waals surface area contributed by atoms with Gasteiger partial charge in [-0.05, 0) is 37.6 Å². The molecule has 5 heteroatoms. The summed E-state index contributed by atoms with van der Waals surface area (Å²) in [6, 6.07) is 15.2. The van der Waals surface area contributed by atoms with Crippen molar-refractivity contribution in [3.05, 3.63) is 65.2 Å². The lowest BCUT2D eigenvalue weighted by Gasteiger charge is -2.20. The van der Waals surface area contributed by atoms with Gasteiger partial charge in [-0.15, -0.1) is 0 Å². The Bertz CT molecular complexity index is 772. The highest BCUT2D eigenvalue weighted by atomic mass is 16.5. The van der Waals surface area contributed by atoms with Crippen molar-refractivity contribution in [2.75, 3.05) is 6.61 Å². The van der Waals surface area contributed by atoms with Crippen LogP contribution in [-0.2, 0) is 17.9 Å². The van der Waals surface area contributed by atoms with Crippen LogP contribution in [0, 0.1) is 0 Å². The van der Waals surface area contributed by atoms with Crippen molar-refractivity contribution >= 4 is 11.8 Å². The Morgan fingerprint density at radius 3 is 2.68 bits per heavy atom. The summed E-state index contributed by atoms with van der Waals surface area (Å²) >= 11 is 0. The summed E-state index contributed by atoms with van der Waals surface area (Å²) in [6.07, 6.45) is 0. The van der Waals surface area contributed by atoms with Crippen molar-refractivity contribution in [3.8, 4) is 5.75 Å². The quantitative estimate of drug-likeness (QED) is 0.932. The number of carbonyl (C=O) groups is 2. The Hall–Kier alpha value is -2.82. The number of nitrogens with zero attached hydrogens (tertiary/aromatic N) is 1. The Balaban J connectivity index is 1.83. The minimum Gasteiger partial charge on any atom is -0.483 e. The van der Waals surface area contributed by atoms with Crippen molar-refractivity contribution in [1.82, 2.24) is 10.2 Å². The zero-order valence-electron chi connectivity index (χ0n) is 14.5.